The third-order valence-corrected chi connectivity index (χ3v) is 5.60. The van der Waals surface area contributed by atoms with Gasteiger partial charge in [-0.05, 0) is 37.3 Å². The molecule has 11 nitrogen and oxygen atoms in total. The molecule has 0 aliphatic carbocycles. The first-order valence-corrected chi connectivity index (χ1v) is 11.1. The molecule has 36 heavy (non-hydrogen) atoms. The van der Waals surface area contributed by atoms with Crippen molar-refractivity contribution < 1.29 is 14.3 Å². The highest BCUT2D eigenvalue weighted by molar-refractivity contribution is 6.30. The predicted molar refractivity (Wildman–Crippen MR) is 134 cm³/mol. The zero-order valence-corrected chi connectivity index (χ0v) is 20.2. The Bertz CT molecular complexity index is 1650. The van der Waals surface area contributed by atoms with Gasteiger partial charge in [0.05, 0.1) is 31.8 Å². The molecule has 5 rings (SSSR count). The first-order chi connectivity index (χ1) is 17.4. The smallest absolute Gasteiger partial charge is 0.263 e. The Labute approximate surface area is 209 Å². The molecule has 0 saturated heterocycles. The summed E-state index contributed by atoms with van der Waals surface area (Å²) in [5.41, 5.74) is 1.44. The molecule has 2 aromatic carbocycles. The normalized spacial score (nSPS) is 11.0. The van der Waals surface area contributed by atoms with Crippen LogP contribution in [-0.4, -0.2) is 49.7 Å². The number of carbonyl (C=O) groups excluding carboxylic acids is 1. The number of amides is 1. The number of aromatic amines is 1. The van der Waals surface area contributed by atoms with Crippen LogP contribution in [0.4, 0.5) is 5.82 Å². The number of aryl methyl sites for hydroxylation is 1. The van der Waals surface area contributed by atoms with Crippen LogP contribution in [0.5, 0.6) is 11.5 Å². The van der Waals surface area contributed by atoms with Gasteiger partial charge in [0.1, 0.15) is 22.7 Å². The summed E-state index contributed by atoms with van der Waals surface area (Å²) in [6, 6.07) is 13.5. The lowest BCUT2D eigenvalue weighted by atomic mass is 10.2. The van der Waals surface area contributed by atoms with Gasteiger partial charge in [-0.25, -0.2) is 4.68 Å². The SMILES string of the molecule is COc1cc(OC)cc(C(=O)Nc2cc(C)nn2-c2nc3c(cnn3-c3cccc(Cl)c3)c(=O)[nH]2)c1. The predicted octanol–water partition coefficient (Wildman–Crippen LogP) is 3.53. The molecule has 0 bridgehead atoms. The largest absolute Gasteiger partial charge is 0.497 e. The molecule has 0 radical (unpaired) electrons. The number of methoxy groups -OCH3 is 2. The van der Waals surface area contributed by atoms with Gasteiger partial charge in [-0.3, -0.25) is 14.6 Å². The number of ether oxygens (including phenoxy) is 2. The second-order valence-corrected chi connectivity index (χ2v) is 8.24. The molecule has 0 fully saturated rings. The van der Waals surface area contributed by atoms with Crippen molar-refractivity contribution in [3.05, 3.63) is 81.4 Å². The molecule has 12 heteroatoms. The standard InChI is InChI=1S/C24H20ClN7O4/c1-13-7-20(27-22(33)14-8-17(35-2)11-18(9-14)36-3)32(30-13)24-28-21-19(23(34)29-24)12-26-31(21)16-6-4-5-15(25)10-16/h4-12H,1-3H3,(H,27,33)(H,28,29,34). The van der Waals surface area contributed by atoms with Crippen LogP contribution in [0.2, 0.25) is 5.02 Å². The Balaban J connectivity index is 1.56. The molecule has 0 saturated carbocycles. The second kappa shape index (κ2) is 9.19. The first kappa shape index (κ1) is 23.1. The van der Waals surface area contributed by atoms with E-state index in [-0.39, 0.29) is 11.3 Å². The van der Waals surface area contributed by atoms with Crippen LogP contribution in [0.15, 0.2) is 59.5 Å². The minimum Gasteiger partial charge on any atom is -0.497 e. The Hall–Kier alpha value is -4.64. The third-order valence-electron chi connectivity index (χ3n) is 5.37. The fourth-order valence-electron chi connectivity index (χ4n) is 3.68. The fourth-order valence-corrected chi connectivity index (χ4v) is 3.87. The number of aromatic nitrogens is 6. The zero-order chi connectivity index (χ0) is 25.4. The number of anilines is 1. The highest BCUT2D eigenvalue weighted by Gasteiger charge is 2.18. The Morgan fingerprint density at radius 3 is 2.50 bits per heavy atom. The van der Waals surface area contributed by atoms with Gasteiger partial charge in [-0.1, -0.05) is 17.7 Å². The number of hydrogen-bond donors (Lipinski definition) is 2. The lowest BCUT2D eigenvalue weighted by Crippen LogP contribution is -2.19. The Morgan fingerprint density at radius 1 is 1.06 bits per heavy atom. The van der Waals surface area contributed by atoms with Crippen LogP contribution in [0.1, 0.15) is 16.1 Å². The van der Waals surface area contributed by atoms with Gasteiger partial charge in [0.2, 0.25) is 5.95 Å². The number of H-pyrrole nitrogens is 1. The van der Waals surface area contributed by atoms with Crippen molar-refractivity contribution in [1.82, 2.24) is 29.5 Å². The summed E-state index contributed by atoms with van der Waals surface area (Å²) in [6.07, 6.45) is 1.43. The number of hydrogen-bond acceptors (Lipinski definition) is 7. The van der Waals surface area contributed by atoms with Gasteiger partial charge in [0, 0.05) is 22.7 Å². The van der Waals surface area contributed by atoms with Crippen molar-refractivity contribution in [2.24, 2.45) is 0 Å². The van der Waals surface area contributed by atoms with Gasteiger partial charge < -0.3 is 14.8 Å². The number of carbonyl (C=O) groups is 1. The summed E-state index contributed by atoms with van der Waals surface area (Å²) >= 11 is 6.13. The van der Waals surface area contributed by atoms with E-state index in [9.17, 15) is 9.59 Å². The summed E-state index contributed by atoms with van der Waals surface area (Å²) in [5.74, 6) is 0.907. The van der Waals surface area contributed by atoms with Crippen LogP contribution in [0, 0.1) is 6.92 Å². The number of nitrogens with zero attached hydrogens (tertiary/aromatic N) is 5. The minimum atomic E-state index is -0.430. The van der Waals surface area contributed by atoms with Crippen molar-refractivity contribution in [2.75, 3.05) is 19.5 Å². The Morgan fingerprint density at radius 2 is 1.81 bits per heavy atom. The van der Waals surface area contributed by atoms with E-state index >= 15 is 0 Å². The van der Waals surface area contributed by atoms with E-state index in [4.69, 9.17) is 21.1 Å². The summed E-state index contributed by atoms with van der Waals surface area (Å²) in [5, 5.41) is 12.3. The van der Waals surface area contributed by atoms with Gasteiger partial charge in [-0.2, -0.15) is 19.9 Å². The molecule has 0 aliphatic rings. The monoisotopic (exact) mass is 505 g/mol. The van der Waals surface area contributed by atoms with Crippen molar-refractivity contribution in [2.45, 2.75) is 6.92 Å². The molecule has 3 aromatic heterocycles. The molecule has 2 N–H and O–H groups in total. The van der Waals surface area contributed by atoms with Gasteiger partial charge in [0.25, 0.3) is 11.5 Å². The molecule has 0 atom stereocenters. The zero-order valence-electron chi connectivity index (χ0n) is 19.4. The summed E-state index contributed by atoms with van der Waals surface area (Å²) in [7, 11) is 3.00. The minimum absolute atomic E-state index is 0.0999. The van der Waals surface area contributed by atoms with Crippen molar-refractivity contribution >= 4 is 34.4 Å². The van der Waals surface area contributed by atoms with E-state index in [0.717, 1.165) is 0 Å². The van der Waals surface area contributed by atoms with Crippen LogP contribution < -0.4 is 20.3 Å². The van der Waals surface area contributed by atoms with Crippen LogP contribution in [0.3, 0.4) is 0 Å². The lowest BCUT2D eigenvalue weighted by molar-refractivity contribution is 0.102. The van der Waals surface area contributed by atoms with Crippen molar-refractivity contribution in [3.8, 4) is 23.1 Å². The van der Waals surface area contributed by atoms with E-state index in [0.29, 0.717) is 44.9 Å². The average molecular weight is 506 g/mol. The number of benzene rings is 2. The van der Waals surface area contributed by atoms with E-state index < -0.39 is 11.5 Å². The van der Waals surface area contributed by atoms with E-state index in [1.807, 2.05) is 0 Å². The molecule has 1 amide bonds. The fraction of sp³-hybridized carbons (Fsp3) is 0.125. The number of rotatable bonds is 6. The maximum absolute atomic E-state index is 13.1. The summed E-state index contributed by atoms with van der Waals surface area (Å²) in [6.45, 7) is 1.76. The van der Waals surface area contributed by atoms with Crippen molar-refractivity contribution in [3.63, 3.8) is 0 Å². The molecule has 0 aliphatic heterocycles. The van der Waals surface area contributed by atoms with E-state index in [1.165, 1.54) is 29.8 Å². The molecule has 182 valence electrons. The quantitative estimate of drug-likeness (QED) is 0.361. The summed E-state index contributed by atoms with van der Waals surface area (Å²) < 4.78 is 13.4. The number of fused-ring (bicyclic) bond motifs is 1. The van der Waals surface area contributed by atoms with Crippen molar-refractivity contribution in [1.29, 1.82) is 0 Å². The molecule has 3 heterocycles. The highest BCUT2D eigenvalue weighted by atomic mass is 35.5. The summed E-state index contributed by atoms with van der Waals surface area (Å²) in [4.78, 5) is 33.2. The molecular formula is C24H20ClN7O4. The Kier molecular flexibility index (Phi) is 5.90. The van der Waals surface area contributed by atoms with Gasteiger partial charge in [-0.15, -0.1) is 0 Å². The highest BCUT2D eigenvalue weighted by Crippen LogP contribution is 2.24. The average Bonchev–Trinajstić information content (AvgIpc) is 3.47. The second-order valence-electron chi connectivity index (χ2n) is 7.80. The first-order valence-electron chi connectivity index (χ1n) is 10.7. The van der Waals surface area contributed by atoms with Crippen LogP contribution in [0.25, 0.3) is 22.7 Å². The number of halogens is 1. The number of nitrogens with one attached hydrogen (secondary N) is 2. The van der Waals surface area contributed by atoms with Crippen LogP contribution in [-0.2, 0) is 0 Å². The van der Waals surface area contributed by atoms with Crippen LogP contribution >= 0.6 is 11.6 Å². The molecule has 0 spiro atoms. The lowest BCUT2D eigenvalue weighted by Gasteiger charge is -2.11. The van der Waals surface area contributed by atoms with Gasteiger partial charge in [0.15, 0.2) is 5.65 Å². The maximum atomic E-state index is 13.1. The maximum Gasteiger partial charge on any atom is 0.263 e. The van der Waals surface area contributed by atoms with E-state index in [1.54, 1.807) is 55.5 Å². The van der Waals surface area contributed by atoms with Gasteiger partial charge >= 0.3 is 0 Å². The molecular weight excluding hydrogens is 486 g/mol. The molecule has 5 aromatic rings. The topological polar surface area (TPSA) is 129 Å². The molecule has 0 unspecified atom stereocenters. The third kappa shape index (κ3) is 4.27. The van der Waals surface area contributed by atoms with E-state index in [2.05, 4.69) is 25.5 Å².